The number of anilines is 1. The molecule has 2 heterocycles. The van der Waals surface area contributed by atoms with Crippen LogP contribution >= 0.6 is 0 Å². The van der Waals surface area contributed by atoms with Crippen molar-refractivity contribution in [3.05, 3.63) is 59.4 Å². The van der Waals surface area contributed by atoms with Gasteiger partial charge in [0.15, 0.2) is 0 Å². The summed E-state index contributed by atoms with van der Waals surface area (Å²) in [6.07, 6.45) is 5.04. The lowest BCUT2D eigenvalue weighted by atomic mass is 9.76. The number of carbonyl (C=O) groups excluding carboxylic acids is 1. The molecule has 0 radical (unpaired) electrons. The Morgan fingerprint density at radius 1 is 1.32 bits per heavy atom. The van der Waals surface area contributed by atoms with E-state index in [1.165, 1.54) is 0 Å². The third-order valence-corrected chi connectivity index (χ3v) is 4.30. The molecular weight excluding hydrogens is 282 g/mol. The number of para-hydroxylation sites is 1. The zero-order chi connectivity index (χ0) is 15.3. The summed E-state index contributed by atoms with van der Waals surface area (Å²) in [5.41, 5.74) is 3.47. The van der Waals surface area contributed by atoms with Crippen molar-refractivity contribution >= 4 is 23.1 Å². The third-order valence-electron chi connectivity index (χ3n) is 4.30. The van der Waals surface area contributed by atoms with Crippen LogP contribution in [0.1, 0.15) is 5.56 Å². The predicted octanol–water partition coefficient (Wildman–Crippen LogP) is 2.19. The summed E-state index contributed by atoms with van der Waals surface area (Å²) in [5.74, 6) is -2.19. The van der Waals surface area contributed by atoms with Crippen molar-refractivity contribution in [3.63, 3.8) is 0 Å². The molecule has 2 aliphatic heterocycles. The minimum atomic E-state index is -0.957. The lowest BCUT2D eigenvalue weighted by Crippen LogP contribution is -2.27. The molecule has 5 nitrogen and oxygen atoms in total. The number of carboxylic acids is 1. The predicted molar refractivity (Wildman–Crippen MR) is 79.8 cm³/mol. The zero-order valence-corrected chi connectivity index (χ0v) is 11.6. The van der Waals surface area contributed by atoms with Crippen LogP contribution in [0.4, 0.5) is 5.69 Å². The maximum atomic E-state index is 12.4. The van der Waals surface area contributed by atoms with Gasteiger partial charge in [-0.15, -0.1) is 0 Å². The van der Waals surface area contributed by atoms with Gasteiger partial charge in [0.2, 0.25) is 0 Å². The van der Waals surface area contributed by atoms with Gasteiger partial charge in [-0.3, -0.25) is 9.59 Å². The van der Waals surface area contributed by atoms with Crippen molar-refractivity contribution in [1.29, 1.82) is 0 Å². The standard InChI is InChI=1S/C17H13NO4/c19-16-15(10-3-1-2-4-13(10)18-16)14-11(17(20)21)6-5-9-7-22-8-12(9)14/h1-7,11-12H,8H2,(H,18,19)(H,20,21). The van der Waals surface area contributed by atoms with Crippen LogP contribution in [0.2, 0.25) is 0 Å². The Hall–Kier alpha value is -2.82. The van der Waals surface area contributed by atoms with Gasteiger partial charge >= 0.3 is 5.97 Å². The highest BCUT2D eigenvalue weighted by atomic mass is 16.5. The summed E-state index contributed by atoms with van der Waals surface area (Å²) < 4.78 is 5.36. The van der Waals surface area contributed by atoms with Crippen molar-refractivity contribution in [2.75, 3.05) is 11.9 Å². The van der Waals surface area contributed by atoms with E-state index in [4.69, 9.17) is 4.74 Å². The molecule has 4 rings (SSSR count). The van der Waals surface area contributed by atoms with Gasteiger partial charge in [-0.25, -0.2) is 0 Å². The fourth-order valence-corrected chi connectivity index (χ4v) is 3.32. The molecule has 110 valence electrons. The number of amides is 1. The van der Waals surface area contributed by atoms with Gasteiger partial charge in [-0.05, 0) is 17.2 Å². The van der Waals surface area contributed by atoms with Crippen LogP contribution in [0.15, 0.2) is 53.8 Å². The summed E-state index contributed by atoms with van der Waals surface area (Å²) >= 11 is 0. The monoisotopic (exact) mass is 295 g/mol. The lowest BCUT2D eigenvalue weighted by Gasteiger charge is -2.25. The molecule has 2 unspecified atom stereocenters. The molecule has 3 aliphatic rings. The Kier molecular flexibility index (Phi) is 2.69. The molecule has 0 aromatic heterocycles. The van der Waals surface area contributed by atoms with Crippen molar-refractivity contribution in [1.82, 2.24) is 0 Å². The van der Waals surface area contributed by atoms with E-state index in [9.17, 15) is 14.7 Å². The molecule has 2 N–H and O–H groups in total. The number of hydrogen-bond donors (Lipinski definition) is 2. The Labute approximate surface area is 126 Å². The summed E-state index contributed by atoms with van der Waals surface area (Å²) in [5, 5.41) is 12.4. The van der Waals surface area contributed by atoms with E-state index < -0.39 is 11.9 Å². The Bertz CT molecular complexity index is 788. The smallest absolute Gasteiger partial charge is 0.314 e. The van der Waals surface area contributed by atoms with E-state index in [2.05, 4.69) is 5.32 Å². The molecular formula is C17H13NO4. The first-order valence-electron chi connectivity index (χ1n) is 7.04. The number of ether oxygens (including phenoxy) is 1. The highest BCUT2D eigenvalue weighted by molar-refractivity contribution is 6.32. The molecule has 1 aromatic carbocycles. The first-order chi connectivity index (χ1) is 10.7. The maximum absolute atomic E-state index is 12.4. The van der Waals surface area contributed by atoms with Gasteiger partial charge in [0.05, 0.1) is 24.4 Å². The van der Waals surface area contributed by atoms with E-state index in [1.54, 1.807) is 18.4 Å². The second kappa shape index (κ2) is 4.59. The van der Waals surface area contributed by atoms with E-state index in [0.29, 0.717) is 17.8 Å². The number of rotatable bonds is 1. The van der Waals surface area contributed by atoms with Gasteiger partial charge in [0.1, 0.15) is 0 Å². The van der Waals surface area contributed by atoms with Crippen LogP contribution in [0, 0.1) is 11.8 Å². The molecule has 1 aromatic rings. The Morgan fingerprint density at radius 2 is 2.14 bits per heavy atom. The quantitative estimate of drug-likeness (QED) is 0.779. The Morgan fingerprint density at radius 3 is 2.95 bits per heavy atom. The van der Waals surface area contributed by atoms with Crippen molar-refractivity contribution in [2.45, 2.75) is 0 Å². The van der Waals surface area contributed by atoms with Crippen molar-refractivity contribution in [3.8, 4) is 0 Å². The van der Waals surface area contributed by atoms with Crippen LogP contribution in [-0.2, 0) is 14.3 Å². The number of carbonyl (C=O) groups is 2. The molecule has 0 spiro atoms. The van der Waals surface area contributed by atoms with Gasteiger partial charge in [0.25, 0.3) is 5.91 Å². The average Bonchev–Trinajstić information content (AvgIpc) is 3.09. The van der Waals surface area contributed by atoms with Crippen molar-refractivity contribution in [2.24, 2.45) is 11.8 Å². The van der Waals surface area contributed by atoms with Gasteiger partial charge < -0.3 is 15.2 Å². The van der Waals surface area contributed by atoms with Crippen LogP contribution in [0.3, 0.4) is 0 Å². The normalized spacial score (nSPS) is 28.5. The van der Waals surface area contributed by atoms with Crippen LogP contribution in [0.25, 0.3) is 5.57 Å². The largest absolute Gasteiger partial charge is 0.500 e. The second-order valence-electron chi connectivity index (χ2n) is 5.51. The van der Waals surface area contributed by atoms with E-state index >= 15 is 0 Å². The van der Waals surface area contributed by atoms with Gasteiger partial charge in [-0.2, -0.15) is 0 Å². The highest BCUT2D eigenvalue weighted by Crippen LogP contribution is 2.44. The lowest BCUT2D eigenvalue weighted by molar-refractivity contribution is -0.139. The maximum Gasteiger partial charge on any atom is 0.314 e. The third kappa shape index (κ3) is 1.72. The topological polar surface area (TPSA) is 75.6 Å². The molecule has 22 heavy (non-hydrogen) atoms. The zero-order valence-electron chi connectivity index (χ0n) is 11.6. The molecule has 1 amide bonds. The number of hydrogen-bond acceptors (Lipinski definition) is 3. The molecule has 5 heteroatoms. The summed E-state index contributed by atoms with van der Waals surface area (Å²) in [6, 6.07) is 7.34. The molecule has 0 fully saturated rings. The van der Waals surface area contributed by atoms with Crippen molar-refractivity contribution < 1.29 is 19.4 Å². The number of carboxylic acid groups (broad SMARTS) is 1. The SMILES string of the molecule is O=C1Nc2ccccc2C1=C1C(C(=O)O)C=CC2=COCC21. The first-order valence-corrected chi connectivity index (χ1v) is 7.04. The fourth-order valence-electron chi connectivity index (χ4n) is 3.32. The average molecular weight is 295 g/mol. The fraction of sp³-hybridized carbons (Fsp3) is 0.176. The second-order valence-corrected chi connectivity index (χ2v) is 5.51. The van der Waals surface area contributed by atoms with E-state index in [0.717, 1.165) is 16.8 Å². The van der Waals surface area contributed by atoms with Crippen LogP contribution in [-0.4, -0.2) is 23.6 Å². The number of fused-ring (bicyclic) bond motifs is 2. The minimum Gasteiger partial charge on any atom is -0.500 e. The molecule has 1 aliphatic carbocycles. The highest BCUT2D eigenvalue weighted by Gasteiger charge is 2.40. The first kappa shape index (κ1) is 12.9. The summed E-state index contributed by atoms with van der Waals surface area (Å²) in [4.78, 5) is 24.1. The van der Waals surface area contributed by atoms with Gasteiger partial charge in [-0.1, -0.05) is 30.4 Å². The summed E-state index contributed by atoms with van der Waals surface area (Å²) in [7, 11) is 0. The number of nitrogens with one attached hydrogen (secondary N) is 1. The van der Waals surface area contributed by atoms with Crippen LogP contribution < -0.4 is 5.32 Å². The number of aliphatic carboxylic acids is 1. The molecule has 2 atom stereocenters. The number of allylic oxidation sites excluding steroid dienone is 1. The summed E-state index contributed by atoms with van der Waals surface area (Å²) in [6.45, 7) is 0.373. The molecule has 0 saturated carbocycles. The number of benzene rings is 1. The minimum absolute atomic E-state index is 0.182. The molecule has 0 bridgehead atoms. The van der Waals surface area contributed by atoms with E-state index in [1.807, 2.05) is 24.3 Å². The van der Waals surface area contributed by atoms with Crippen LogP contribution in [0.5, 0.6) is 0 Å². The Balaban J connectivity index is 1.98. The van der Waals surface area contributed by atoms with E-state index in [-0.39, 0.29) is 11.8 Å². The molecule has 0 saturated heterocycles. The van der Waals surface area contributed by atoms with Gasteiger partial charge in [0, 0.05) is 17.2 Å².